The van der Waals surface area contributed by atoms with Gasteiger partial charge in [-0.1, -0.05) is 35.3 Å². The van der Waals surface area contributed by atoms with Crippen LogP contribution in [-0.2, 0) is 19.5 Å². The third kappa shape index (κ3) is 5.34. The topological polar surface area (TPSA) is 87.5 Å². The lowest BCUT2D eigenvalue weighted by molar-refractivity contribution is 0.0634. The van der Waals surface area contributed by atoms with E-state index in [0.29, 0.717) is 41.4 Å². The lowest BCUT2D eigenvalue weighted by Crippen LogP contribution is -2.42. The molecule has 0 fully saturated rings. The van der Waals surface area contributed by atoms with Crippen molar-refractivity contribution in [2.24, 2.45) is 0 Å². The van der Waals surface area contributed by atoms with Gasteiger partial charge in [-0.15, -0.1) is 0 Å². The van der Waals surface area contributed by atoms with Crippen molar-refractivity contribution in [1.82, 2.24) is 20.0 Å². The second kappa shape index (κ2) is 10.4. The maximum atomic E-state index is 13.2. The van der Waals surface area contributed by atoms with Gasteiger partial charge in [0.1, 0.15) is 5.82 Å². The van der Waals surface area contributed by atoms with E-state index in [2.05, 4.69) is 10.4 Å². The zero-order chi connectivity index (χ0) is 25.3. The molecule has 1 unspecified atom stereocenters. The number of carbonyl (C=O) groups is 2. The van der Waals surface area contributed by atoms with Crippen molar-refractivity contribution >= 4 is 35.1 Å². The predicted octanol–water partition coefficient (Wildman–Crippen LogP) is 4.97. The Balaban J connectivity index is 1.51. The standard InChI is InChI=1S/C25H25Cl2FN4O3/c1-14-11-22-19(13-31(14)24(33)17-5-8-20(26)21(27)12-17)23(25(34)35)32(30-22)10-9-29-15(2)16-3-6-18(28)7-4-16/h3-8,12,14-15,29H,9-11,13H2,1-2H3,(H,34,35)/t14-,15?/m1/s1. The Labute approximate surface area is 212 Å². The molecule has 1 amide bonds. The van der Waals surface area contributed by atoms with Crippen LogP contribution >= 0.6 is 23.2 Å². The fourth-order valence-electron chi connectivity index (χ4n) is 4.32. The molecule has 1 aliphatic heterocycles. The van der Waals surface area contributed by atoms with Crippen molar-refractivity contribution in [2.45, 2.75) is 45.4 Å². The van der Waals surface area contributed by atoms with E-state index < -0.39 is 5.97 Å². The Morgan fingerprint density at radius 3 is 2.57 bits per heavy atom. The molecule has 0 aliphatic carbocycles. The minimum Gasteiger partial charge on any atom is -0.477 e. The van der Waals surface area contributed by atoms with Crippen molar-refractivity contribution in [3.8, 4) is 0 Å². The predicted molar refractivity (Wildman–Crippen MR) is 132 cm³/mol. The minimum absolute atomic E-state index is 0.0478. The fourth-order valence-corrected chi connectivity index (χ4v) is 4.62. The summed E-state index contributed by atoms with van der Waals surface area (Å²) in [6.07, 6.45) is 0.440. The number of rotatable bonds is 7. The van der Waals surface area contributed by atoms with Crippen LogP contribution in [0.3, 0.4) is 0 Å². The molecule has 0 radical (unpaired) electrons. The van der Waals surface area contributed by atoms with E-state index in [4.69, 9.17) is 23.2 Å². The van der Waals surface area contributed by atoms with E-state index in [0.717, 1.165) is 5.56 Å². The van der Waals surface area contributed by atoms with Crippen molar-refractivity contribution in [1.29, 1.82) is 0 Å². The Morgan fingerprint density at radius 2 is 1.91 bits per heavy atom. The third-order valence-electron chi connectivity index (χ3n) is 6.26. The molecule has 0 saturated carbocycles. The van der Waals surface area contributed by atoms with Gasteiger partial charge in [0.2, 0.25) is 0 Å². The number of hydrogen-bond donors (Lipinski definition) is 2. The van der Waals surface area contributed by atoms with Crippen molar-refractivity contribution in [3.63, 3.8) is 0 Å². The summed E-state index contributed by atoms with van der Waals surface area (Å²) in [4.78, 5) is 27.0. The maximum absolute atomic E-state index is 13.2. The minimum atomic E-state index is -1.10. The number of fused-ring (bicyclic) bond motifs is 1. The van der Waals surface area contributed by atoms with E-state index in [1.807, 2.05) is 13.8 Å². The van der Waals surface area contributed by atoms with Crippen LogP contribution in [0, 0.1) is 5.82 Å². The van der Waals surface area contributed by atoms with Crippen LogP contribution < -0.4 is 5.32 Å². The Bertz CT molecular complexity index is 1260. The molecule has 0 spiro atoms. The highest BCUT2D eigenvalue weighted by Crippen LogP contribution is 2.29. The molecule has 0 saturated heterocycles. The summed E-state index contributed by atoms with van der Waals surface area (Å²) in [5, 5.41) is 18.5. The van der Waals surface area contributed by atoms with E-state index in [9.17, 15) is 19.1 Å². The summed E-state index contributed by atoms with van der Waals surface area (Å²) < 4.78 is 14.7. The van der Waals surface area contributed by atoms with Crippen LogP contribution in [0.25, 0.3) is 0 Å². The van der Waals surface area contributed by atoms with Gasteiger partial charge in [0.25, 0.3) is 5.91 Å². The van der Waals surface area contributed by atoms with Gasteiger partial charge in [0.05, 0.1) is 28.8 Å². The molecule has 10 heteroatoms. The fraction of sp³-hybridized carbons (Fsp3) is 0.320. The van der Waals surface area contributed by atoms with Crippen molar-refractivity contribution in [3.05, 3.63) is 86.4 Å². The van der Waals surface area contributed by atoms with E-state index in [-0.39, 0.29) is 41.1 Å². The molecule has 35 heavy (non-hydrogen) atoms. The lowest BCUT2D eigenvalue weighted by atomic mass is 9.98. The van der Waals surface area contributed by atoms with Gasteiger partial charge in [0.15, 0.2) is 5.69 Å². The van der Waals surface area contributed by atoms with E-state index in [1.165, 1.54) is 22.9 Å². The molecule has 2 aromatic carbocycles. The number of aromatic carboxylic acids is 1. The van der Waals surface area contributed by atoms with E-state index in [1.54, 1.807) is 29.2 Å². The van der Waals surface area contributed by atoms with Gasteiger partial charge < -0.3 is 15.3 Å². The van der Waals surface area contributed by atoms with Crippen LogP contribution in [0.15, 0.2) is 42.5 Å². The normalized spacial score (nSPS) is 16.1. The number of amides is 1. The molecule has 2 N–H and O–H groups in total. The third-order valence-corrected chi connectivity index (χ3v) is 7.00. The monoisotopic (exact) mass is 518 g/mol. The van der Waals surface area contributed by atoms with Gasteiger partial charge >= 0.3 is 5.97 Å². The zero-order valence-electron chi connectivity index (χ0n) is 19.3. The Kier molecular flexibility index (Phi) is 7.44. The SMILES string of the molecule is CC(NCCn1nc2c(c1C(=O)O)CN(C(=O)c1ccc(Cl)c(Cl)c1)[C@H](C)C2)c1ccc(F)cc1. The van der Waals surface area contributed by atoms with Crippen LogP contribution in [0.4, 0.5) is 4.39 Å². The first kappa shape index (κ1) is 25.2. The quantitative estimate of drug-likeness (QED) is 0.461. The highest BCUT2D eigenvalue weighted by molar-refractivity contribution is 6.42. The van der Waals surface area contributed by atoms with Gasteiger partial charge in [-0.05, 0) is 49.7 Å². The number of benzene rings is 2. The van der Waals surface area contributed by atoms with E-state index >= 15 is 0 Å². The largest absolute Gasteiger partial charge is 0.477 e. The summed E-state index contributed by atoms with van der Waals surface area (Å²) in [5.41, 5.74) is 2.61. The first-order valence-electron chi connectivity index (χ1n) is 11.2. The molecule has 3 aromatic rings. The number of halogens is 3. The van der Waals surface area contributed by atoms with Crippen LogP contribution in [0.2, 0.25) is 10.0 Å². The molecule has 184 valence electrons. The highest BCUT2D eigenvalue weighted by atomic mass is 35.5. The summed E-state index contributed by atoms with van der Waals surface area (Å²) in [6, 6.07) is 10.7. The van der Waals surface area contributed by atoms with Gasteiger partial charge in [-0.3, -0.25) is 9.48 Å². The highest BCUT2D eigenvalue weighted by Gasteiger charge is 2.34. The number of carboxylic acids is 1. The average Bonchev–Trinajstić information content (AvgIpc) is 3.17. The van der Waals surface area contributed by atoms with Crippen LogP contribution in [-0.4, -0.2) is 44.3 Å². The van der Waals surface area contributed by atoms with Crippen LogP contribution in [0.5, 0.6) is 0 Å². The zero-order valence-corrected chi connectivity index (χ0v) is 20.8. The second-order valence-corrected chi connectivity index (χ2v) is 9.46. The second-order valence-electron chi connectivity index (χ2n) is 8.64. The average molecular weight is 519 g/mol. The van der Waals surface area contributed by atoms with Crippen LogP contribution in [0.1, 0.15) is 57.6 Å². The number of hydrogen-bond acceptors (Lipinski definition) is 4. The summed E-state index contributed by atoms with van der Waals surface area (Å²) in [6.45, 7) is 4.78. The molecule has 1 aromatic heterocycles. The summed E-state index contributed by atoms with van der Waals surface area (Å²) in [7, 11) is 0. The Morgan fingerprint density at radius 1 is 1.20 bits per heavy atom. The molecule has 1 aliphatic rings. The number of nitrogens with one attached hydrogen (secondary N) is 1. The molecule has 7 nitrogen and oxygen atoms in total. The molecule has 2 heterocycles. The first-order chi connectivity index (χ1) is 16.7. The van der Waals surface area contributed by atoms with Gasteiger partial charge in [-0.2, -0.15) is 5.10 Å². The van der Waals surface area contributed by atoms with Crippen molar-refractivity contribution < 1.29 is 19.1 Å². The molecular weight excluding hydrogens is 494 g/mol. The summed E-state index contributed by atoms with van der Waals surface area (Å²) >= 11 is 12.1. The van der Waals surface area contributed by atoms with Gasteiger partial charge in [0, 0.05) is 36.2 Å². The molecule has 4 rings (SSSR count). The lowest BCUT2D eigenvalue weighted by Gasteiger charge is -2.33. The van der Waals surface area contributed by atoms with Crippen molar-refractivity contribution in [2.75, 3.05) is 6.54 Å². The number of aromatic nitrogens is 2. The molecule has 0 bridgehead atoms. The smallest absolute Gasteiger partial charge is 0.354 e. The summed E-state index contributed by atoms with van der Waals surface area (Å²) in [5.74, 6) is -1.64. The molecular formula is C25H25Cl2FN4O3. The first-order valence-corrected chi connectivity index (χ1v) is 12.0. The van der Waals surface area contributed by atoms with Gasteiger partial charge in [-0.25, -0.2) is 9.18 Å². The number of carboxylic acid groups (broad SMARTS) is 1. The number of nitrogens with zero attached hydrogens (tertiary/aromatic N) is 3. The maximum Gasteiger partial charge on any atom is 0.354 e. The molecule has 2 atom stereocenters. The Hall–Kier alpha value is -2.94. The number of carbonyl (C=O) groups excluding carboxylic acids is 1.